The summed E-state index contributed by atoms with van der Waals surface area (Å²) in [6.45, 7) is 2.60. The first kappa shape index (κ1) is 28.0. The van der Waals surface area contributed by atoms with Gasteiger partial charge in [-0.3, -0.25) is 0 Å². The van der Waals surface area contributed by atoms with Crippen LogP contribution in [0.25, 0.3) is 0 Å². The van der Waals surface area contributed by atoms with E-state index in [2.05, 4.69) is 6.92 Å². The molecule has 0 aliphatic carbocycles. The van der Waals surface area contributed by atoms with Crippen molar-refractivity contribution in [2.24, 2.45) is 0 Å². The van der Waals surface area contributed by atoms with Gasteiger partial charge in [0, 0.05) is 12.1 Å². The van der Waals surface area contributed by atoms with Crippen LogP contribution in [0.3, 0.4) is 0 Å². The van der Waals surface area contributed by atoms with Gasteiger partial charge in [-0.25, -0.2) is 4.79 Å². The normalized spacial score (nSPS) is 23.9. The molecule has 1 aromatic carbocycles. The third-order valence-electron chi connectivity index (χ3n) is 8.25. The average molecular weight is 486 g/mol. The highest BCUT2D eigenvalue weighted by Crippen LogP contribution is 2.42. The summed E-state index contributed by atoms with van der Waals surface area (Å²) in [5.74, 6) is 0. The lowest BCUT2D eigenvalue weighted by atomic mass is 9.73. The number of ether oxygens (including phenoxy) is 1. The Bertz CT molecular complexity index is 692. The predicted molar refractivity (Wildman–Crippen MR) is 144 cm³/mol. The van der Waals surface area contributed by atoms with E-state index in [1.807, 2.05) is 35.2 Å². The van der Waals surface area contributed by atoms with Crippen LogP contribution in [-0.4, -0.2) is 33.8 Å². The molecule has 2 aliphatic heterocycles. The van der Waals surface area contributed by atoms with Crippen LogP contribution in [0.4, 0.5) is 4.79 Å². The van der Waals surface area contributed by atoms with Crippen molar-refractivity contribution in [3.05, 3.63) is 35.9 Å². The fourth-order valence-electron chi connectivity index (χ4n) is 6.29. The van der Waals surface area contributed by atoms with Crippen LogP contribution >= 0.6 is 0 Å². The van der Waals surface area contributed by atoms with E-state index in [-0.39, 0.29) is 18.2 Å². The Kier molecular flexibility index (Phi) is 12.4. The number of carbonyl (C=O) groups is 1. The molecule has 1 amide bonds. The number of rotatable bonds is 16. The van der Waals surface area contributed by atoms with E-state index < -0.39 is 5.60 Å². The van der Waals surface area contributed by atoms with Gasteiger partial charge in [-0.1, -0.05) is 121 Å². The Labute approximate surface area is 214 Å². The minimum absolute atomic E-state index is 0.123. The largest absolute Gasteiger partial charge is 0.445 e. The Hall–Kier alpha value is -1.55. The monoisotopic (exact) mass is 485 g/mol. The zero-order valence-electron chi connectivity index (χ0n) is 22.4. The topological polar surface area (TPSA) is 49.8 Å². The summed E-state index contributed by atoms with van der Waals surface area (Å²) in [5.41, 5.74) is 0.408. The molecule has 2 fully saturated rings. The first-order valence-corrected chi connectivity index (χ1v) is 14.8. The second-order valence-corrected chi connectivity index (χ2v) is 11.3. The van der Waals surface area contributed by atoms with Crippen molar-refractivity contribution in [3.63, 3.8) is 0 Å². The molecule has 0 aromatic heterocycles. The fraction of sp³-hybridized carbons (Fsp3) is 0.774. The molecule has 0 saturated carbocycles. The maximum absolute atomic E-state index is 12.9. The Morgan fingerprint density at radius 3 is 1.91 bits per heavy atom. The summed E-state index contributed by atoms with van der Waals surface area (Å²) in [6, 6.07) is 10.1. The van der Waals surface area contributed by atoms with Gasteiger partial charge in [-0.15, -0.1) is 0 Å². The summed E-state index contributed by atoms with van der Waals surface area (Å²) in [6.07, 6.45) is 22.7. The summed E-state index contributed by atoms with van der Waals surface area (Å²) in [5, 5.41) is 11.4. The number of aliphatic hydroxyl groups is 1. The molecule has 2 atom stereocenters. The zero-order valence-corrected chi connectivity index (χ0v) is 22.4. The van der Waals surface area contributed by atoms with Crippen LogP contribution in [0.2, 0.25) is 0 Å². The Balaban J connectivity index is 1.28. The van der Waals surface area contributed by atoms with Crippen LogP contribution in [-0.2, 0) is 11.3 Å². The number of unbranched alkanes of at least 4 members (excludes halogenated alkanes) is 12. The van der Waals surface area contributed by atoms with Crippen molar-refractivity contribution in [1.29, 1.82) is 0 Å². The van der Waals surface area contributed by atoms with Crippen molar-refractivity contribution in [2.75, 3.05) is 0 Å². The molecule has 3 rings (SSSR count). The van der Waals surface area contributed by atoms with E-state index in [9.17, 15) is 9.90 Å². The number of benzene rings is 1. The number of hydrogen-bond acceptors (Lipinski definition) is 3. The summed E-state index contributed by atoms with van der Waals surface area (Å²) in [7, 11) is 0. The molecule has 198 valence electrons. The first-order valence-electron chi connectivity index (χ1n) is 14.8. The smallest absolute Gasteiger partial charge is 0.410 e. The van der Waals surface area contributed by atoms with Crippen molar-refractivity contribution >= 4 is 6.09 Å². The number of nitrogens with zero attached hydrogens (tertiary/aromatic N) is 1. The second-order valence-electron chi connectivity index (χ2n) is 11.3. The third kappa shape index (κ3) is 9.79. The molecule has 0 radical (unpaired) electrons. The molecule has 1 N–H and O–H groups in total. The minimum atomic E-state index is -0.607. The molecule has 4 heteroatoms. The molecule has 2 bridgehead atoms. The van der Waals surface area contributed by atoms with Crippen LogP contribution in [0.15, 0.2) is 30.3 Å². The van der Waals surface area contributed by atoms with E-state index in [1.54, 1.807) is 0 Å². The quantitative estimate of drug-likeness (QED) is 0.239. The maximum Gasteiger partial charge on any atom is 0.410 e. The lowest BCUT2D eigenvalue weighted by Crippen LogP contribution is -2.59. The van der Waals surface area contributed by atoms with Gasteiger partial charge in [0.1, 0.15) is 6.61 Å². The molecule has 2 aliphatic rings. The lowest BCUT2D eigenvalue weighted by Gasteiger charge is -2.51. The van der Waals surface area contributed by atoms with Crippen LogP contribution in [0.5, 0.6) is 0 Å². The number of fused-ring (bicyclic) bond motifs is 2. The Morgan fingerprint density at radius 1 is 0.857 bits per heavy atom. The number of carbonyl (C=O) groups excluding carboxylic acids is 1. The van der Waals surface area contributed by atoms with Gasteiger partial charge in [0.25, 0.3) is 0 Å². The van der Waals surface area contributed by atoms with E-state index in [4.69, 9.17) is 4.74 Å². The maximum atomic E-state index is 12.9. The molecular formula is C31H51NO3. The molecule has 35 heavy (non-hydrogen) atoms. The highest BCUT2D eigenvalue weighted by Gasteiger charge is 2.47. The molecule has 2 unspecified atom stereocenters. The van der Waals surface area contributed by atoms with Gasteiger partial charge in [0.2, 0.25) is 0 Å². The van der Waals surface area contributed by atoms with Gasteiger partial charge in [0.15, 0.2) is 0 Å². The van der Waals surface area contributed by atoms with Gasteiger partial charge in [0.05, 0.1) is 5.60 Å². The van der Waals surface area contributed by atoms with E-state index >= 15 is 0 Å². The van der Waals surface area contributed by atoms with Gasteiger partial charge >= 0.3 is 6.09 Å². The summed E-state index contributed by atoms with van der Waals surface area (Å²) < 4.78 is 5.66. The third-order valence-corrected chi connectivity index (χ3v) is 8.25. The van der Waals surface area contributed by atoms with Gasteiger partial charge in [-0.05, 0) is 44.1 Å². The molecule has 2 saturated heterocycles. The first-order chi connectivity index (χ1) is 17.1. The predicted octanol–water partition coefficient (Wildman–Crippen LogP) is 8.55. The minimum Gasteiger partial charge on any atom is -0.445 e. The Morgan fingerprint density at radius 2 is 1.37 bits per heavy atom. The second kappa shape index (κ2) is 15.5. The summed E-state index contributed by atoms with van der Waals surface area (Å²) >= 11 is 0. The standard InChI is InChI=1S/C31H51NO3/c1-2-3-4-5-6-7-8-9-10-11-12-13-17-23-31(34)24-28-21-18-22-29(25-31)32(28)30(33)35-26-27-19-15-14-16-20-27/h14-16,19-20,28-29,34H,2-13,17-18,21-26H2,1H3. The molecular weight excluding hydrogens is 434 g/mol. The van der Waals surface area contributed by atoms with E-state index in [0.717, 1.165) is 37.7 Å². The number of hydrogen-bond donors (Lipinski definition) is 1. The highest BCUT2D eigenvalue weighted by molar-refractivity contribution is 5.69. The summed E-state index contributed by atoms with van der Waals surface area (Å²) in [4.78, 5) is 14.9. The van der Waals surface area contributed by atoms with Crippen molar-refractivity contribution in [3.8, 4) is 0 Å². The van der Waals surface area contributed by atoms with Crippen LogP contribution in [0.1, 0.15) is 134 Å². The highest BCUT2D eigenvalue weighted by atomic mass is 16.6. The van der Waals surface area contributed by atoms with Gasteiger partial charge in [-0.2, -0.15) is 0 Å². The van der Waals surface area contributed by atoms with Crippen LogP contribution in [0, 0.1) is 0 Å². The fourth-order valence-corrected chi connectivity index (χ4v) is 6.29. The molecule has 4 nitrogen and oxygen atoms in total. The van der Waals surface area contributed by atoms with Crippen molar-refractivity contribution in [1.82, 2.24) is 4.90 Å². The lowest BCUT2D eigenvalue weighted by molar-refractivity contribution is -0.0899. The van der Waals surface area contributed by atoms with Crippen molar-refractivity contribution < 1.29 is 14.6 Å². The van der Waals surface area contributed by atoms with Gasteiger partial charge < -0.3 is 14.7 Å². The SMILES string of the molecule is CCCCCCCCCCCCCCCC1(O)CC2CCCC(C1)N2C(=O)OCc1ccccc1. The average Bonchev–Trinajstić information content (AvgIpc) is 2.85. The van der Waals surface area contributed by atoms with E-state index in [0.29, 0.717) is 19.4 Å². The molecule has 1 aromatic rings. The van der Waals surface area contributed by atoms with Crippen LogP contribution < -0.4 is 0 Å². The number of piperidine rings is 2. The molecule has 2 heterocycles. The van der Waals surface area contributed by atoms with E-state index in [1.165, 1.54) is 77.0 Å². The molecule has 0 spiro atoms. The number of amides is 1. The van der Waals surface area contributed by atoms with Crippen molar-refractivity contribution in [2.45, 2.75) is 153 Å². The zero-order chi connectivity index (χ0) is 24.8.